The molecule has 6 nitrogen and oxygen atoms in total. The van der Waals surface area contributed by atoms with E-state index in [9.17, 15) is 9.18 Å². The van der Waals surface area contributed by atoms with Gasteiger partial charge in [-0.2, -0.15) is 0 Å². The van der Waals surface area contributed by atoms with Crippen molar-refractivity contribution in [2.75, 3.05) is 38.7 Å². The van der Waals surface area contributed by atoms with Gasteiger partial charge < -0.3 is 15.0 Å². The molecular formula is C20H25FN4O2. The number of carbonyl (C=O) groups is 1. The molecule has 1 aromatic carbocycles. The number of hydrogen-bond acceptors (Lipinski definition) is 5. The molecule has 2 heterocycles. The number of anilines is 1. The van der Waals surface area contributed by atoms with Gasteiger partial charge in [0.25, 0.3) is 0 Å². The van der Waals surface area contributed by atoms with Gasteiger partial charge in [-0.15, -0.1) is 0 Å². The first-order valence-electron chi connectivity index (χ1n) is 9.24. The van der Waals surface area contributed by atoms with Gasteiger partial charge in [-0.05, 0) is 24.5 Å². The van der Waals surface area contributed by atoms with Crippen LogP contribution in [0.2, 0.25) is 0 Å². The summed E-state index contributed by atoms with van der Waals surface area (Å²) in [7, 11) is 1.76. The lowest BCUT2D eigenvalue weighted by Crippen LogP contribution is -2.31. The minimum Gasteiger partial charge on any atom is -0.381 e. The molecule has 1 saturated heterocycles. The predicted molar refractivity (Wildman–Crippen MR) is 101 cm³/mol. The largest absolute Gasteiger partial charge is 0.381 e. The molecule has 1 aliphatic heterocycles. The average molecular weight is 372 g/mol. The highest BCUT2D eigenvalue weighted by Gasteiger charge is 2.19. The second kappa shape index (κ2) is 9.41. The van der Waals surface area contributed by atoms with Gasteiger partial charge in [0, 0.05) is 45.1 Å². The zero-order chi connectivity index (χ0) is 19.1. The van der Waals surface area contributed by atoms with E-state index in [-0.39, 0.29) is 18.1 Å². The van der Waals surface area contributed by atoms with Crippen LogP contribution in [0.25, 0.3) is 0 Å². The smallest absolute Gasteiger partial charge is 0.222 e. The van der Waals surface area contributed by atoms with E-state index in [2.05, 4.69) is 15.3 Å². The maximum Gasteiger partial charge on any atom is 0.222 e. The quantitative estimate of drug-likeness (QED) is 0.772. The molecule has 1 aromatic heterocycles. The summed E-state index contributed by atoms with van der Waals surface area (Å²) < 4.78 is 19.0. The summed E-state index contributed by atoms with van der Waals surface area (Å²) in [5.74, 6) is 0.809. The van der Waals surface area contributed by atoms with Gasteiger partial charge in [0.2, 0.25) is 5.91 Å². The molecule has 1 aliphatic rings. The number of halogens is 1. The number of nitrogens with zero attached hydrogens (tertiary/aromatic N) is 3. The number of benzene rings is 1. The normalized spacial score (nSPS) is 16.3. The maximum atomic E-state index is 13.6. The van der Waals surface area contributed by atoms with Crippen molar-refractivity contribution in [1.29, 1.82) is 0 Å². The van der Waals surface area contributed by atoms with Crippen molar-refractivity contribution >= 4 is 11.7 Å². The molecule has 1 amide bonds. The summed E-state index contributed by atoms with van der Waals surface area (Å²) in [5.41, 5.74) is 1.56. The van der Waals surface area contributed by atoms with E-state index < -0.39 is 0 Å². The number of aryl methyl sites for hydroxylation is 1. The number of carbonyl (C=O) groups excluding carboxylic acids is 1. The fourth-order valence-corrected chi connectivity index (χ4v) is 3.07. The van der Waals surface area contributed by atoms with Crippen molar-refractivity contribution in [1.82, 2.24) is 14.9 Å². The van der Waals surface area contributed by atoms with Gasteiger partial charge in [-0.3, -0.25) is 4.79 Å². The van der Waals surface area contributed by atoms with E-state index in [1.807, 2.05) is 6.07 Å². The fraction of sp³-hybridized carbons (Fsp3) is 0.450. The van der Waals surface area contributed by atoms with Gasteiger partial charge >= 0.3 is 0 Å². The molecule has 3 rings (SSSR count). The molecule has 0 unspecified atom stereocenters. The lowest BCUT2D eigenvalue weighted by atomic mass is 10.1. The van der Waals surface area contributed by atoms with Crippen molar-refractivity contribution in [3.8, 4) is 0 Å². The molecular weight excluding hydrogens is 347 g/mol. The van der Waals surface area contributed by atoms with E-state index >= 15 is 0 Å². The molecule has 1 atom stereocenters. The number of aromatic nitrogens is 2. The third-order valence-corrected chi connectivity index (χ3v) is 4.78. The number of ether oxygens (including phenoxy) is 1. The van der Waals surface area contributed by atoms with Crippen molar-refractivity contribution in [2.24, 2.45) is 0 Å². The van der Waals surface area contributed by atoms with Crippen molar-refractivity contribution in [3.63, 3.8) is 0 Å². The molecule has 7 heteroatoms. The van der Waals surface area contributed by atoms with Crippen LogP contribution in [0.4, 0.5) is 10.2 Å². The Morgan fingerprint density at radius 3 is 3.00 bits per heavy atom. The van der Waals surface area contributed by atoms with Crippen molar-refractivity contribution in [2.45, 2.75) is 25.2 Å². The highest BCUT2D eigenvalue weighted by Crippen LogP contribution is 2.24. The van der Waals surface area contributed by atoms with Crippen LogP contribution in [-0.2, 0) is 16.0 Å². The molecule has 144 valence electrons. The Bertz CT molecular complexity index is 765. The van der Waals surface area contributed by atoms with E-state index in [1.54, 1.807) is 36.5 Å². The molecule has 27 heavy (non-hydrogen) atoms. The number of nitrogens with one attached hydrogen (secondary N) is 1. The minimum absolute atomic E-state index is 0.00784. The Hall–Kier alpha value is -2.54. The topological polar surface area (TPSA) is 67.3 Å². The van der Waals surface area contributed by atoms with Gasteiger partial charge in [-0.25, -0.2) is 14.4 Å². The lowest BCUT2D eigenvalue weighted by molar-refractivity contribution is -0.129. The Labute approximate surface area is 158 Å². The highest BCUT2D eigenvalue weighted by atomic mass is 19.1. The summed E-state index contributed by atoms with van der Waals surface area (Å²) >= 11 is 0. The van der Waals surface area contributed by atoms with Crippen LogP contribution < -0.4 is 5.32 Å². The van der Waals surface area contributed by atoms with Gasteiger partial charge in [-0.1, -0.05) is 18.2 Å². The highest BCUT2D eigenvalue weighted by molar-refractivity contribution is 5.76. The minimum atomic E-state index is -0.262. The van der Waals surface area contributed by atoms with E-state index in [1.165, 1.54) is 6.07 Å². The van der Waals surface area contributed by atoms with E-state index in [4.69, 9.17) is 4.74 Å². The summed E-state index contributed by atoms with van der Waals surface area (Å²) in [6.45, 7) is 2.61. The van der Waals surface area contributed by atoms with Crippen LogP contribution in [0.1, 0.15) is 30.0 Å². The number of amides is 1. The Morgan fingerprint density at radius 1 is 1.37 bits per heavy atom. The zero-order valence-electron chi connectivity index (χ0n) is 15.5. The molecule has 0 radical (unpaired) electrons. The first-order chi connectivity index (χ1) is 13.1. The lowest BCUT2D eigenvalue weighted by Gasteiger charge is -2.18. The third-order valence-electron chi connectivity index (χ3n) is 4.78. The summed E-state index contributed by atoms with van der Waals surface area (Å²) in [6.07, 6.45) is 3.23. The molecule has 1 N–H and O–H groups in total. The number of hydrogen-bond donors (Lipinski definition) is 1. The molecule has 0 bridgehead atoms. The van der Waals surface area contributed by atoms with Crippen LogP contribution >= 0.6 is 0 Å². The van der Waals surface area contributed by atoms with E-state index in [0.717, 1.165) is 24.5 Å². The first-order valence-corrected chi connectivity index (χ1v) is 9.24. The Kier molecular flexibility index (Phi) is 6.70. The van der Waals surface area contributed by atoms with Crippen LogP contribution in [0.5, 0.6) is 0 Å². The van der Waals surface area contributed by atoms with Crippen molar-refractivity contribution < 1.29 is 13.9 Å². The average Bonchev–Trinajstić information content (AvgIpc) is 3.22. The molecule has 0 aliphatic carbocycles. The Morgan fingerprint density at radius 2 is 2.22 bits per heavy atom. The summed E-state index contributed by atoms with van der Waals surface area (Å²) in [6, 6.07) is 8.51. The molecule has 1 fully saturated rings. The second-order valence-corrected chi connectivity index (χ2v) is 6.72. The van der Waals surface area contributed by atoms with Gasteiger partial charge in [0.1, 0.15) is 18.0 Å². The summed E-state index contributed by atoms with van der Waals surface area (Å²) in [5, 5.41) is 3.23. The fourth-order valence-electron chi connectivity index (χ4n) is 3.07. The molecule has 0 spiro atoms. The predicted octanol–water partition coefficient (Wildman–Crippen LogP) is 2.62. The maximum absolute atomic E-state index is 13.6. The van der Waals surface area contributed by atoms with Crippen LogP contribution in [0, 0.1) is 5.82 Å². The van der Waals surface area contributed by atoms with Gasteiger partial charge in [0.15, 0.2) is 0 Å². The molecule has 2 aromatic rings. The number of rotatable bonds is 8. The second-order valence-electron chi connectivity index (χ2n) is 6.72. The first kappa shape index (κ1) is 19.2. The molecule has 0 saturated carbocycles. The van der Waals surface area contributed by atoms with Crippen molar-refractivity contribution in [3.05, 3.63) is 53.7 Å². The Balaban J connectivity index is 1.42. The SMILES string of the molecule is CN(CCNc1cc([C@@H]2CCOC2)ncn1)C(=O)CCc1ccccc1F. The third kappa shape index (κ3) is 5.47. The number of likely N-dealkylation sites (N-methyl/N-ethyl adjacent to an activating group) is 1. The summed E-state index contributed by atoms with van der Waals surface area (Å²) in [4.78, 5) is 22.4. The van der Waals surface area contributed by atoms with Crippen LogP contribution in [0.3, 0.4) is 0 Å². The van der Waals surface area contributed by atoms with E-state index in [0.29, 0.717) is 37.6 Å². The zero-order valence-corrected chi connectivity index (χ0v) is 15.5. The van der Waals surface area contributed by atoms with Crippen LogP contribution in [0.15, 0.2) is 36.7 Å². The monoisotopic (exact) mass is 372 g/mol. The van der Waals surface area contributed by atoms with Gasteiger partial charge in [0.05, 0.1) is 12.3 Å². The standard InChI is InChI=1S/C20H25FN4O2/c1-25(20(26)7-6-15-4-2-3-5-17(15)21)10-9-22-19-12-18(23-14-24-19)16-8-11-27-13-16/h2-5,12,14,16H,6-11,13H2,1H3,(H,22,23,24)/t16-/m1/s1. The van der Waals surface area contributed by atoms with Crippen LogP contribution in [-0.4, -0.2) is 54.1 Å².